The Hall–Kier alpha value is -2.36. The number of likely N-dealkylation sites (N-methyl/N-ethyl adjacent to an activating group) is 1. The Kier molecular flexibility index (Phi) is 2.91. The Bertz CT molecular complexity index is 691. The maximum atomic E-state index is 4.40. The maximum Gasteiger partial charge on any atom is 0.114 e. The van der Waals surface area contributed by atoms with Gasteiger partial charge in [0.25, 0.3) is 0 Å². The number of hydrogen-bond acceptors (Lipinski definition) is 3. The van der Waals surface area contributed by atoms with E-state index in [0.717, 1.165) is 34.5 Å². The highest BCUT2D eigenvalue weighted by Gasteiger charge is 2.07. The molecule has 1 aliphatic heterocycles. The molecule has 1 aliphatic rings. The predicted octanol–water partition coefficient (Wildman–Crippen LogP) is 3.90. The summed E-state index contributed by atoms with van der Waals surface area (Å²) in [7, 11) is 2.02. The average molecular weight is 252 g/mol. The van der Waals surface area contributed by atoms with Crippen molar-refractivity contribution in [2.24, 2.45) is 10.2 Å². The Morgan fingerprint density at radius 3 is 2.89 bits per heavy atom. The topological polar surface area (TPSA) is 43.8 Å². The number of aromatic nitrogens is 1. The van der Waals surface area contributed by atoms with Crippen LogP contribution in [0, 0.1) is 6.92 Å². The number of nitrogens with one attached hydrogen (secondary N) is 1. The number of hydrogen-bond donors (Lipinski definition) is 1. The van der Waals surface area contributed by atoms with Crippen LogP contribution in [0.4, 0.5) is 5.69 Å². The summed E-state index contributed by atoms with van der Waals surface area (Å²) in [6.45, 7) is 2.94. The van der Waals surface area contributed by atoms with Gasteiger partial charge in [0.2, 0.25) is 0 Å². The van der Waals surface area contributed by atoms with E-state index in [9.17, 15) is 0 Å². The third-order valence-electron chi connectivity index (χ3n) is 3.16. The Balaban J connectivity index is 1.97. The fraction of sp³-hybridized carbons (Fsp3) is 0.200. The molecule has 0 aliphatic carbocycles. The van der Waals surface area contributed by atoms with Crippen LogP contribution in [0.15, 0.2) is 58.5 Å². The number of fused-ring (bicyclic) bond motifs is 1. The minimum atomic E-state index is 0.874. The molecule has 3 rings (SSSR count). The number of rotatable bonds is 2. The largest absolute Gasteiger partial charge is 0.375 e. The lowest BCUT2D eigenvalue weighted by Gasteiger charge is -2.14. The van der Waals surface area contributed by atoms with E-state index in [1.54, 1.807) is 0 Å². The minimum Gasteiger partial charge on any atom is -0.375 e. The van der Waals surface area contributed by atoms with E-state index in [1.807, 2.05) is 38.4 Å². The van der Waals surface area contributed by atoms with Crippen molar-refractivity contribution in [2.45, 2.75) is 6.92 Å². The van der Waals surface area contributed by atoms with Crippen LogP contribution >= 0.6 is 0 Å². The minimum absolute atomic E-state index is 0.874. The third kappa shape index (κ3) is 2.29. The second-order valence-electron chi connectivity index (χ2n) is 4.74. The molecule has 0 radical (unpaired) electrons. The molecule has 1 aromatic carbocycles. The molecule has 0 saturated carbocycles. The van der Waals surface area contributed by atoms with E-state index in [4.69, 9.17) is 0 Å². The van der Waals surface area contributed by atoms with Crippen LogP contribution in [0.1, 0.15) is 5.69 Å². The average Bonchev–Trinajstić information content (AvgIpc) is 2.72. The van der Waals surface area contributed by atoms with Gasteiger partial charge >= 0.3 is 0 Å². The molecule has 0 saturated heterocycles. The number of allylic oxidation sites excluding steroid dienone is 1. The molecule has 96 valence electrons. The first-order valence-corrected chi connectivity index (χ1v) is 6.32. The van der Waals surface area contributed by atoms with E-state index in [-0.39, 0.29) is 0 Å². The van der Waals surface area contributed by atoms with E-state index in [1.165, 1.54) is 0 Å². The number of aromatic amines is 1. The number of aryl methyl sites for hydroxylation is 1. The number of H-pyrrole nitrogens is 1. The van der Waals surface area contributed by atoms with Crippen molar-refractivity contribution in [1.29, 1.82) is 0 Å². The fourth-order valence-electron chi connectivity index (χ4n) is 2.22. The smallest absolute Gasteiger partial charge is 0.114 e. The molecule has 1 N–H and O–H groups in total. The number of nitrogens with zero attached hydrogens (tertiary/aromatic N) is 3. The van der Waals surface area contributed by atoms with Gasteiger partial charge in [-0.2, -0.15) is 0 Å². The molecule has 0 atom stereocenters. The zero-order valence-electron chi connectivity index (χ0n) is 11.1. The normalized spacial score (nSPS) is 15.5. The molecular formula is C15H16N4. The highest BCUT2D eigenvalue weighted by atomic mass is 15.2. The van der Waals surface area contributed by atoms with Crippen molar-refractivity contribution < 1.29 is 0 Å². The van der Waals surface area contributed by atoms with Crippen molar-refractivity contribution in [3.05, 3.63) is 54.0 Å². The van der Waals surface area contributed by atoms with Crippen molar-refractivity contribution in [3.63, 3.8) is 0 Å². The van der Waals surface area contributed by atoms with Crippen LogP contribution in [-0.4, -0.2) is 23.5 Å². The van der Waals surface area contributed by atoms with Crippen molar-refractivity contribution >= 4 is 16.6 Å². The van der Waals surface area contributed by atoms with Crippen molar-refractivity contribution in [1.82, 2.24) is 9.88 Å². The van der Waals surface area contributed by atoms with Gasteiger partial charge in [-0.1, -0.05) is 24.3 Å². The second-order valence-corrected chi connectivity index (χ2v) is 4.74. The van der Waals surface area contributed by atoms with Crippen LogP contribution in [0.25, 0.3) is 10.9 Å². The summed E-state index contributed by atoms with van der Waals surface area (Å²) in [5.74, 6) is 0. The summed E-state index contributed by atoms with van der Waals surface area (Å²) in [5.41, 5.74) is 3.93. The van der Waals surface area contributed by atoms with E-state index in [0.29, 0.717) is 0 Å². The Labute approximate surface area is 112 Å². The molecular weight excluding hydrogens is 236 g/mol. The Morgan fingerprint density at radius 2 is 2.05 bits per heavy atom. The first kappa shape index (κ1) is 11.7. The molecule has 19 heavy (non-hydrogen) atoms. The molecule has 2 aromatic rings. The van der Waals surface area contributed by atoms with Gasteiger partial charge in [-0.15, -0.1) is 10.2 Å². The summed E-state index contributed by atoms with van der Waals surface area (Å²) >= 11 is 0. The van der Waals surface area contributed by atoms with E-state index < -0.39 is 0 Å². The molecule has 4 nitrogen and oxygen atoms in total. The lowest BCUT2D eigenvalue weighted by molar-refractivity contribution is 0.499. The number of benzene rings is 1. The molecule has 1 aromatic heterocycles. The number of azo groups is 1. The SMILES string of the molecule is Cc1[nH]c2ccccc2c1N=NC1=CN(C)CC=C1. The van der Waals surface area contributed by atoms with Gasteiger partial charge in [-0.05, 0) is 19.1 Å². The predicted molar refractivity (Wildman–Crippen MR) is 77.4 cm³/mol. The molecule has 0 fully saturated rings. The van der Waals surface area contributed by atoms with Gasteiger partial charge in [0.1, 0.15) is 11.4 Å². The molecule has 0 unspecified atom stereocenters. The summed E-state index contributed by atoms with van der Waals surface area (Å²) in [6.07, 6.45) is 6.07. The van der Waals surface area contributed by atoms with Gasteiger partial charge in [-0.25, -0.2) is 0 Å². The van der Waals surface area contributed by atoms with Crippen LogP contribution in [0.5, 0.6) is 0 Å². The highest BCUT2D eigenvalue weighted by molar-refractivity contribution is 5.92. The third-order valence-corrected chi connectivity index (χ3v) is 3.16. The van der Waals surface area contributed by atoms with Crippen LogP contribution in [0.2, 0.25) is 0 Å². The van der Waals surface area contributed by atoms with E-state index in [2.05, 4.69) is 38.3 Å². The highest BCUT2D eigenvalue weighted by Crippen LogP contribution is 2.30. The number of para-hydroxylation sites is 1. The summed E-state index contributed by atoms with van der Waals surface area (Å²) < 4.78 is 0. The first-order chi connectivity index (χ1) is 9.24. The van der Waals surface area contributed by atoms with Crippen LogP contribution < -0.4 is 0 Å². The Morgan fingerprint density at radius 1 is 1.21 bits per heavy atom. The molecule has 0 bridgehead atoms. The van der Waals surface area contributed by atoms with Gasteiger partial charge in [0.15, 0.2) is 0 Å². The van der Waals surface area contributed by atoms with Crippen LogP contribution in [0.3, 0.4) is 0 Å². The van der Waals surface area contributed by atoms with Crippen molar-refractivity contribution in [2.75, 3.05) is 13.6 Å². The monoisotopic (exact) mass is 252 g/mol. The van der Waals surface area contributed by atoms with E-state index >= 15 is 0 Å². The summed E-state index contributed by atoms with van der Waals surface area (Å²) in [6, 6.07) is 8.14. The van der Waals surface area contributed by atoms with Gasteiger partial charge in [0, 0.05) is 36.4 Å². The van der Waals surface area contributed by atoms with Gasteiger partial charge < -0.3 is 9.88 Å². The molecule has 0 spiro atoms. The van der Waals surface area contributed by atoms with Crippen LogP contribution in [-0.2, 0) is 0 Å². The quantitative estimate of drug-likeness (QED) is 0.809. The second kappa shape index (κ2) is 4.72. The summed E-state index contributed by atoms with van der Waals surface area (Å²) in [5, 5.41) is 9.83. The van der Waals surface area contributed by atoms with Crippen molar-refractivity contribution in [3.8, 4) is 0 Å². The molecule has 0 amide bonds. The maximum absolute atomic E-state index is 4.40. The molecule has 2 heterocycles. The molecule has 4 heteroatoms. The zero-order valence-corrected chi connectivity index (χ0v) is 11.1. The van der Waals surface area contributed by atoms with Gasteiger partial charge in [-0.3, -0.25) is 0 Å². The van der Waals surface area contributed by atoms with Gasteiger partial charge in [0.05, 0.1) is 0 Å². The zero-order chi connectivity index (χ0) is 13.2. The standard InChI is InChI=1S/C15H16N4/c1-11-15(13-7-3-4-8-14(13)16-11)18-17-12-6-5-9-19(2)10-12/h3-8,10,16H,9H2,1-2H3. The lowest BCUT2D eigenvalue weighted by atomic mass is 10.2. The summed E-state index contributed by atoms with van der Waals surface area (Å²) in [4.78, 5) is 5.40. The lowest BCUT2D eigenvalue weighted by Crippen LogP contribution is -2.13. The fourth-order valence-corrected chi connectivity index (χ4v) is 2.22. The first-order valence-electron chi connectivity index (χ1n) is 6.32.